The molecule has 0 saturated carbocycles. The smallest absolute Gasteiger partial charge is 0.307 e. The van der Waals surface area contributed by atoms with Crippen LogP contribution in [-0.4, -0.2) is 81.3 Å². The van der Waals surface area contributed by atoms with E-state index < -0.39 is 49.2 Å². The van der Waals surface area contributed by atoms with Crippen molar-refractivity contribution in [3.05, 3.63) is 53.6 Å². The highest BCUT2D eigenvalue weighted by Gasteiger charge is 2.45. The van der Waals surface area contributed by atoms with E-state index in [9.17, 15) is 35.1 Å². The summed E-state index contributed by atoms with van der Waals surface area (Å²) in [4.78, 5) is 24.6. The van der Waals surface area contributed by atoms with E-state index in [4.69, 9.17) is 14.2 Å². The number of amides is 1. The maximum absolute atomic E-state index is 12.4. The van der Waals surface area contributed by atoms with Crippen LogP contribution in [0.2, 0.25) is 0 Å². The van der Waals surface area contributed by atoms with Crippen molar-refractivity contribution in [1.82, 2.24) is 0 Å². The third kappa shape index (κ3) is 5.55. The SMILES string of the molecule is O=C(C[C@@H]1C(=O)Nc2ccccc21)OC[C@H]1O[C@@H](OCCc2ccc(O)c(O)c2)[C@H](O)[C@@H](O)[C@@H]1O. The molecule has 1 fully saturated rings. The molecule has 6 N–H and O–H groups in total. The number of anilines is 1. The number of carbonyl (C=O) groups excluding carboxylic acids is 2. The van der Waals surface area contributed by atoms with Crippen molar-refractivity contribution in [3.8, 4) is 11.5 Å². The third-order valence-electron chi connectivity index (χ3n) is 6.07. The molecule has 0 aromatic heterocycles. The number of phenolic OH excluding ortho intramolecular Hbond substituents is 2. The molecule has 2 aliphatic rings. The lowest BCUT2D eigenvalue weighted by atomic mass is 9.97. The number of carbonyl (C=O) groups is 2. The molecule has 0 radical (unpaired) electrons. The predicted molar refractivity (Wildman–Crippen MR) is 119 cm³/mol. The van der Waals surface area contributed by atoms with Crippen LogP contribution in [0.1, 0.15) is 23.5 Å². The van der Waals surface area contributed by atoms with Crippen LogP contribution in [0.3, 0.4) is 0 Å². The van der Waals surface area contributed by atoms with Gasteiger partial charge in [0, 0.05) is 5.69 Å². The molecule has 0 aliphatic carbocycles. The van der Waals surface area contributed by atoms with E-state index in [1.54, 1.807) is 30.3 Å². The van der Waals surface area contributed by atoms with Gasteiger partial charge in [0.05, 0.1) is 18.9 Å². The Hall–Kier alpha value is -3.22. The fraction of sp³-hybridized carbons (Fsp3) is 0.417. The first kappa shape index (κ1) is 24.9. The summed E-state index contributed by atoms with van der Waals surface area (Å²) in [6.07, 6.45) is -7.10. The first-order chi connectivity index (χ1) is 16.7. The summed E-state index contributed by atoms with van der Waals surface area (Å²) < 4.78 is 16.2. The second kappa shape index (κ2) is 10.6. The van der Waals surface area contributed by atoms with Crippen molar-refractivity contribution in [2.24, 2.45) is 0 Å². The van der Waals surface area contributed by atoms with Crippen molar-refractivity contribution in [3.63, 3.8) is 0 Å². The largest absolute Gasteiger partial charge is 0.504 e. The molecule has 1 saturated heterocycles. The fourth-order valence-corrected chi connectivity index (χ4v) is 4.09. The lowest BCUT2D eigenvalue weighted by molar-refractivity contribution is -0.301. The maximum Gasteiger partial charge on any atom is 0.307 e. The van der Waals surface area contributed by atoms with Crippen LogP contribution in [-0.2, 0) is 30.2 Å². The summed E-state index contributed by atoms with van der Waals surface area (Å²) >= 11 is 0. The summed E-state index contributed by atoms with van der Waals surface area (Å²) in [7, 11) is 0. The van der Waals surface area contributed by atoms with E-state index in [0.717, 1.165) is 0 Å². The van der Waals surface area contributed by atoms with Gasteiger partial charge in [-0.05, 0) is 35.7 Å². The number of ether oxygens (including phenoxy) is 3. The van der Waals surface area contributed by atoms with E-state index >= 15 is 0 Å². The van der Waals surface area contributed by atoms with Crippen LogP contribution in [0.25, 0.3) is 0 Å². The van der Waals surface area contributed by atoms with Crippen molar-refractivity contribution >= 4 is 17.6 Å². The van der Waals surface area contributed by atoms with Gasteiger partial charge in [0.15, 0.2) is 17.8 Å². The molecule has 0 spiro atoms. The van der Waals surface area contributed by atoms with Gasteiger partial charge >= 0.3 is 5.97 Å². The van der Waals surface area contributed by atoms with Gasteiger partial charge in [0.25, 0.3) is 0 Å². The minimum absolute atomic E-state index is 0.0253. The molecule has 2 aromatic rings. The Morgan fingerprint density at radius 3 is 2.54 bits per heavy atom. The van der Waals surface area contributed by atoms with Gasteiger partial charge < -0.3 is 45.1 Å². The Morgan fingerprint density at radius 2 is 1.77 bits per heavy atom. The third-order valence-corrected chi connectivity index (χ3v) is 6.07. The van der Waals surface area contributed by atoms with Gasteiger partial charge in [-0.15, -0.1) is 0 Å². The topological polar surface area (TPSA) is 175 Å². The minimum Gasteiger partial charge on any atom is -0.504 e. The van der Waals surface area contributed by atoms with Crippen LogP contribution in [0.5, 0.6) is 11.5 Å². The summed E-state index contributed by atoms with van der Waals surface area (Å²) in [5.74, 6) is -2.24. The average Bonchev–Trinajstić information content (AvgIpc) is 3.15. The molecule has 6 atom stereocenters. The number of aliphatic hydroxyl groups excluding tert-OH is 3. The Labute approximate surface area is 200 Å². The quantitative estimate of drug-likeness (QED) is 0.221. The van der Waals surface area contributed by atoms with Crippen LogP contribution >= 0.6 is 0 Å². The lowest BCUT2D eigenvalue weighted by Gasteiger charge is -2.40. The van der Waals surface area contributed by atoms with Crippen molar-refractivity contribution < 1.29 is 49.3 Å². The molecule has 11 heteroatoms. The van der Waals surface area contributed by atoms with Gasteiger partial charge in [0.1, 0.15) is 31.0 Å². The number of benzene rings is 2. The number of esters is 1. The van der Waals surface area contributed by atoms with E-state index in [-0.39, 0.29) is 30.4 Å². The molecule has 2 aliphatic heterocycles. The zero-order valence-electron chi connectivity index (χ0n) is 18.6. The summed E-state index contributed by atoms with van der Waals surface area (Å²) in [5.41, 5.74) is 1.98. The summed E-state index contributed by atoms with van der Waals surface area (Å²) in [6, 6.07) is 11.3. The molecule has 2 heterocycles. The maximum atomic E-state index is 12.4. The number of fused-ring (bicyclic) bond motifs is 1. The molecule has 0 bridgehead atoms. The highest BCUT2D eigenvalue weighted by molar-refractivity contribution is 6.04. The van der Waals surface area contributed by atoms with Gasteiger partial charge in [-0.3, -0.25) is 9.59 Å². The molecular weight excluding hydrogens is 462 g/mol. The molecule has 11 nitrogen and oxygen atoms in total. The second-order valence-electron chi connectivity index (χ2n) is 8.47. The summed E-state index contributed by atoms with van der Waals surface area (Å²) in [6.45, 7) is -0.400. The number of phenols is 2. The van der Waals surface area contributed by atoms with E-state index in [0.29, 0.717) is 23.2 Å². The molecule has 2 aromatic carbocycles. The molecule has 188 valence electrons. The molecule has 35 heavy (non-hydrogen) atoms. The van der Waals surface area contributed by atoms with E-state index in [2.05, 4.69) is 5.32 Å². The molecule has 4 rings (SSSR count). The number of para-hydroxylation sites is 1. The molecule has 0 unspecified atom stereocenters. The molecular formula is C24H27NO10. The lowest BCUT2D eigenvalue weighted by Crippen LogP contribution is -2.59. The summed E-state index contributed by atoms with van der Waals surface area (Å²) in [5, 5.41) is 52.3. The molecule has 1 amide bonds. The number of aromatic hydroxyl groups is 2. The van der Waals surface area contributed by atoms with Gasteiger partial charge in [-0.1, -0.05) is 24.3 Å². The minimum atomic E-state index is -1.61. The second-order valence-corrected chi connectivity index (χ2v) is 8.47. The van der Waals surface area contributed by atoms with Gasteiger partial charge in [-0.2, -0.15) is 0 Å². The van der Waals surface area contributed by atoms with Crippen LogP contribution in [0, 0.1) is 0 Å². The average molecular weight is 489 g/mol. The Morgan fingerprint density at radius 1 is 1.00 bits per heavy atom. The number of hydrogen-bond donors (Lipinski definition) is 6. The first-order valence-corrected chi connectivity index (χ1v) is 11.1. The van der Waals surface area contributed by atoms with Crippen LogP contribution in [0.15, 0.2) is 42.5 Å². The van der Waals surface area contributed by atoms with Crippen molar-refractivity contribution in [1.29, 1.82) is 0 Å². The van der Waals surface area contributed by atoms with Gasteiger partial charge in [-0.25, -0.2) is 0 Å². The van der Waals surface area contributed by atoms with Crippen LogP contribution < -0.4 is 5.32 Å². The first-order valence-electron chi connectivity index (χ1n) is 11.1. The van der Waals surface area contributed by atoms with E-state index in [1.807, 2.05) is 0 Å². The van der Waals surface area contributed by atoms with Crippen molar-refractivity contribution in [2.45, 2.75) is 49.5 Å². The zero-order valence-corrected chi connectivity index (χ0v) is 18.6. The Kier molecular flexibility index (Phi) is 7.53. The zero-order chi connectivity index (χ0) is 25.1. The number of hydrogen-bond acceptors (Lipinski definition) is 10. The number of nitrogens with one attached hydrogen (secondary N) is 1. The number of rotatable bonds is 8. The van der Waals surface area contributed by atoms with Crippen LogP contribution in [0.4, 0.5) is 5.69 Å². The predicted octanol–water partition coefficient (Wildman–Crippen LogP) is 0.134. The number of aliphatic hydroxyl groups is 3. The van der Waals surface area contributed by atoms with Crippen molar-refractivity contribution in [2.75, 3.05) is 18.5 Å². The van der Waals surface area contributed by atoms with Gasteiger partial charge in [0.2, 0.25) is 5.91 Å². The standard InChI is InChI=1S/C24H27NO10/c26-16-6-5-12(9-17(16)27)7-8-33-24-22(31)21(30)20(29)18(35-24)11-34-19(28)10-14-13-3-1-2-4-15(13)25-23(14)32/h1-6,9,14,18,20-22,24,26-27,29-31H,7-8,10-11H2,(H,25,32)/t14-,18+,20+,21-,22+,24+/m0/s1. The monoisotopic (exact) mass is 489 g/mol. The Bertz CT molecular complexity index is 1080. The Balaban J connectivity index is 1.29. The highest BCUT2D eigenvalue weighted by Crippen LogP contribution is 2.34. The highest BCUT2D eigenvalue weighted by atomic mass is 16.7. The fourth-order valence-electron chi connectivity index (χ4n) is 4.09. The van der Waals surface area contributed by atoms with E-state index in [1.165, 1.54) is 12.1 Å². The normalized spacial score (nSPS) is 27.8.